The highest BCUT2D eigenvalue weighted by molar-refractivity contribution is 7.18. The maximum atomic E-state index is 12.1. The molecule has 1 aromatic rings. The highest BCUT2D eigenvalue weighted by Gasteiger charge is 2.20. The highest BCUT2D eigenvalue weighted by atomic mass is 32.1. The third-order valence-corrected chi connectivity index (χ3v) is 4.66. The van der Waals surface area contributed by atoms with E-state index in [-0.39, 0.29) is 5.91 Å². The minimum Gasteiger partial charge on any atom is -0.382 e. The summed E-state index contributed by atoms with van der Waals surface area (Å²) in [7, 11) is 0. The monoisotopic (exact) mass is 311 g/mol. The summed E-state index contributed by atoms with van der Waals surface area (Å²) >= 11 is 1.37. The van der Waals surface area contributed by atoms with Gasteiger partial charge in [-0.1, -0.05) is 11.3 Å². The Morgan fingerprint density at radius 2 is 2.10 bits per heavy atom. The van der Waals surface area contributed by atoms with E-state index in [2.05, 4.69) is 34.4 Å². The number of thiazole rings is 1. The maximum absolute atomic E-state index is 12.1. The van der Waals surface area contributed by atoms with Crippen molar-refractivity contribution in [1.82, 2.24) is 15.6 Å². The van der Waals surface area contributed by atoms with Crippen molar-refractivity contribution in [2.75, 3.05) is 36.8 Å². The molecule has 21 heavy (non-hydrogen) atoms. The predicted molar refractivity (Wildman–Crippen MR) is 88.1 cm³/mol. The van der Waals surface area contributed by atoms with Crippen molar-refractivity contribution in [3.63, 3.8) is 0 Å². The van der Waals surface area contributed by atoms with Crippen LogP contribution in [0.4, 0.5) is 10.9 Å². The van der Waals surface area contributed by atoms with Gasteiger partial charge in [-0.05, 0) is 39.7 Å². The number of amides is 1. The van der Waals surface area contributed by atoms with Crippen LogP contribution in [0.2, 0.25) is 0 Å². The fourth-order valence-corrected chi connectivity index (χ4v) is 3.11. The van der Waals surface area contributed by atoms with Crippen molar-refractivity contribution in [2.24, 2.45) is 0 Å². The lowest BCUT2D eigenvalue weighted by Crippen LogP contribution is -2.27. The fourth-order valence-electron chi connectivity index (χ4n) is 2.08. The van der Waals surface area contributed by atoms with Crippen molar-refractivity contribution in [3.8, 4) is 0 Å². The van der Waals surface area contributed by atoms with Crippen LogP contribution >= 0.6 is 11.3 Å². The van der Waals surface area contributed by atoms with Gasteiger partial charge in [-0.25, -0.2) is 4.98 Å². The Morgan fingerprint density at radius 3 is 2.71 bits per heavy atom. The quantitative estimate of drug-likeness (QED) is 0.601. The van der Waals surface area contributed by atoms with Gasteiger partial charge in [0.2, 0.25) is 0 Å². The molecule has 0 atom stereocenters. The molecule has 6 nitrogen and oxygen atoms in total. The molecular weight excluding hydrogens is 286 g/mol. The van der Waals surface area contributed by atoms with Gasteiger partial charge in [-0.3, -0.25) is 4.79 Å². The topological polar surface area (TPSA) is 83.3 Å². The first kappa shape index (κ1) is 16.0. The Labute approximate surface area is 130 Å². The number of nitrogens with one attached hydrogen (secondary N) is 2. The maximum Gasteiger partial charge on any atom is 0.265 e. The predicted octanol–water partition coefficient (Wildman–Crippen LogP) is 1.44. The molecule has 0 unspecified atom stereocenters. The summed E-state index contributed by atoms with van der Waals surface area (Å²) in [6.07, 6.45) is 3.51. The Hall–Kier alpha value is -1.34. The number of carbonyl (C=O) groups excluding carboxylic acids is 1. The molecule has 1 saturated carbocycles. The van der Waals surface area contributed by atoms with Gasteiger partial charge in [-0.15, -0.1) is 0 Å². The van der Waals surface area contributed by atoms with Crippen LogP contribution < -0.4 is 21.3 Å². The summed E-state index contributed by atoms with van der Waals surface area (Å²) < 4.78 is 0. The highest BCUT2D eigenvalue weighted by Crippen LogP contribution is 2.27. The van der Waals surface area contributed by atoms with Crippen LogP contribution in [-0.4, -0.2) is 43.1 Å². The van der Waals surface area contributed by atoms with E-state index in [4.69, 9.17) is 5.73 Å². The smallest absolute Gasteiger partial charge is 0.265 e. The first-order valence-corrected chi connectivity index (χ1v) is 8.50. The van der Waals surface area contributed by atoms with E-state index >= 15 is 0 Å². The minimum atomic E-state index is -0.116. The molecule has 0 bridgehead atoms. The van der Waals surface area contributed by atoms with Gasteiger partial charge in [0.25, 0.3) is 5.91 Å². The summed E-state index contributed by atoms with van der Waals surface area (Å²) in [4.78, 5) is 19.0. The second kappa shape index (κ2) is 7.61. The van der Waals surface area contributed by atoms with E-state index in [0.717, 1.165) is 37.2 Å². The molecule has 1 aliphatic carbocycles. The average Bonchev–Trinajstić information content (AvgIpc) is 3.21. The van der Waals surface area contributed by atoms with Gasteiger partial charge in [-0.2, -0.15) is 0 Å². The molecule has 7 heteroatoms. The summed E-state index contributed by atoms with van der Waals surface area (Å²) in [6, 6.07) is 0.717. The minimum absolute atomic E-state index is 0.116. The largest absolute Gasteiger partial charge is 0.382 e. The van der Waals surface area contributed by atoms with E-state index in [1.807, 2.05) is 0 Å². The first-order chi connectivity index (χ1) is 10.2. The zero-order valence-electron chi connectivity index (χ0n) is 12.8. The number of anilines is 2. The van der Waals surface area contributed by atoms with E-state index in [1.165, 1.54) is 24.2 Å². The molecule has 0 radical (unpaired) electrons. The van der Waals surface area contributed by atoms with Crippen LogP contribution in [0.5, 0.6) is 0 Å². The zero-order valence-corrected chi connectivity index (χ0v) is 13.6. The Kier molecular flexibility index (Phi) is 5.81. The van der Waals surface area contributed by atoms with E-state index in [1.54, 1.807) is 0 Å². The van der Waals surface area contributed by atoms with Gasteiger partial charge in [0, 0.05) is 25.7 Å². The van der Waals surface area contributed by atoms with Crippen molar-refractivity contribution >= 4 is 28.2 Å². The second-order valence-electron chi connectivity index (χ2n) is 5.22. The van der Waals surface area contributed by atoms with Crippen molar-refractivity contribution in [2.45, 2.75) is 39.2 Å². The third-order valence-electron chi connectivity index (χ3n) is 3.53. The number of hydrogen-bond acceptors (Lipinski definition) is 6. The normalized spacial score (nSPS) is 14.2. The summed E-state index contributed by atoms with van der Waals surface area (Å²) in [5.74, 6) is 0.213. The number of carbonyl (C=O) groups is 1. The Balaban J connectivity index is 1.80. The number of nitrogens with two attached hydrogens (primary N) is 1. The Bertz CT molecular complexity index is 468. The van der Waals surface area contributed by atoms with Crippen LogP contribution in [0.3, 0.4) is 0 Å². The molecule has 1 heterocycles. The summed E-state index contributed by atoms with van der Waals surface area (Å²) in [6.45, 7) is 7.46. The molecule has 1 aliphatic rings. The molecule has 4 N–H and O–H groups in total. The van der Waals surface area contributed by atoms with Gasteiger partial charge in [0.15, 0.2) is 5.13 Å². The van der Waals surface area contributed by atoms with Gasteiger partial charge >= 0.3 is 0 Å². The van der Waals surface area contributed by atoms with E-state index in [9.17, 15) is 4.79 Å². The van der Waals surface area contributed by atoms with Crippen molar-refractivity contribution < 1.29 is 4.79 Å². The molecule has 0 aromatic carbocycles. The average molecular weight is 311 g/mol. The number of nitrogens with zero attached hydrogens (tertiary/aromatic N) is 2. The fraction of sp³-hybridized carbons (Fsp3) is 0.714. The summed E-state index contributed by atoms with van der Waals surface area (Å²) in [5, 5.41) is 7.16. The standard InChI is InChI=1S/C14H25N5OS/c1-3-19(4-2)14-18-12(15)11(21-14)13(20)17-9-5-8-16-10-6-7-10/h10,16H,3-9,15H2,1-2H3,(H,17,20). The molecule has 1 aromatic heterocycles. The molecule has 118 valence electrons. The molecule has 0 aliphatic heterocycles. The second-order valence-corrected chi connectivity index (χ2v) is 6.20. The van der Waals surface area contributed by atoms with Crippen LogP contribution in [0.1, 0.15) is 42.8 Å². The lowest BCUT2D eigenvalue weighted by molar-refractivity contribution is 0.0958. The lowest BCUT2D eigenvalue weighted by atomic mass is 10.4. The first-order valence-electron chi connectivity index (χ1n) is 7.68. The molecule has 2 rings (SSSR count). The SMILES string of the molecule is CCN(CC)c1nc(N)c(C(=O)NCCCNC2CC2)s1. The molecule has 1 amide bonds. The van der Waals surface area contributed by atoms with Crippen molar-refractivity contribution in [1.29, 1.82) is 0 Å². The lowest BCUT2D eigenvalue weighted by Gasteiger charge is -2.16. The van der Waals surface area contributed by atoms with Crippen molar-refractivity contribution in [3.05, 3.63) is 4.88 Å². The number of rotatable bonds is 9. The molecular formula is C14H25N5OS. The number of aromatic nitrogens is 1. The van der Waals surface area contributed by atoms with Crippen LogP contribution in [0, 0.1) is 0 Å². The number of hydrogen-bond donors (Lipinski definition) is 3. The van der Waals surface area contributed by atoms with E-state index < -0.39 is 0 Å². The van der Waals surface area contributed by atoms with Crippen LogP contribution in [-0.2, 0) is 0 Å². The van der Waals surface area contributed by atoms with E-state index in [0.29, 0.717) is 17.2 Å². The molecule has 1 fully saturated rings. The summed E-state index contributed by atoms with van der Waals surface area (Å²) in [5.41, 5.74) is 5.87. The molecule has 0 saturated heterocycles. The van der Waals surface area contributed by atoms with Crippen LogP contribution in [0.15, 0.2) is 0 Å². The van der Waals surface area contributed by atoms with Gasteiger partial charge in [0.05, 0.1) is 0 Å². The Morgan fingerprint density at radius 1 is 1.38 bits per heavy atom. The van der Waals surface area contributed by atoms with Crippen LogP contribution in [0.25, 0.3) is 0 Å². The van der Waals surface area contributed by atoms with Gasteiger partial charge < -0.3 is 21.3 Å². The number of nitrogen functional groups attached to an aromatic ring is 1. The zero-order chi connectivity index (χ0) is 15.2. The van der Waals surface area contributed by atoms with Gasteiger partial charge in [0.1, 0.15) is 10.7 Å². The molecule has 0 spiro atoms. The third kappa shape index (κ3) is 4.57.